The lowest BCUT2D eigenvalue weighted by Gasteiger charge is -2.11. The Hall–Kier alpha value is -3.26. The summed E-state index contributed by atoms with van der Waals surface area (Å²) in [6.45, 7) is 1.85. The van der Waals surface area contributed by atoms with Gasteiger partial charge in [0.1, 0.15) is 12.1 Å². The van der Waals surface area contributed by atoms with Crippen molar-refractivity contribution in [2.24, 2.45) is 0 Å². The van der Waals surface area contributed by atoms with Crippen molar-refractivity contribution in [2.75, 3.05) is 5.32 Å². The number of nitro groups is 1. The van der Waals surface area contributed by atoms with Gasteiger partial charge in [-0.05, 0) is 36.8 Å². The topological polar surface area (TPSA) is 103 Å². The summed E-state index contributed by atoms with van der Waals surface area (Å²) in [5.74, 6) is 0.147. The molecule has 2 aromatic heterocycles. The molecule has 0 amide bonds. The number of hydrogen-bond donors (Lipinski definition) is 1. The van der Waals surface area contributed by atoms with E-state index in [4.69, 9.17) is 16.3 Å². The maximum atomic E-state index is 11.5. The lowest BCUT2D eigenvalue weighted by Crippen LogP contribution is -2.04. The Balaban J connectivity index is 2.01. The fraction of sp³-hybridized carbons (Fsp3) is 0.0625. The molecule has 3 rings (SSSR count). The van der Waals surface area contributed by atoms with Crippen LogP contribution in [-0.2, 0) is 0 Å². The van der Waals surface area contributed by atoms with Crippen molar-refractivity contribution >= 4 is 28.8 Å². The van der Waals surface area contributed by atoms with Gasteiger partial charge in [0.15, 0.2) is 0 Å². The molecule has 126 valence electrons. The number of anilines is 2. The van der Waals surface area contributed by atoms with Crippen LogP contribution in [0, 0.1) is 17.0 Å². The van der Waals surface area contributed by atoms with Crippen molar-refractivity contribution in [3.8, 4) is 11.6 Å². The number of benzene rings is 1. The summed E-state index contributed by atoms with van der Waals surface area (Å²) in [5, 5.41) is 15.0. The molecule has 8 nitrogen and oxygen atoms in total. The molecule has 0 aliphatic rings. The van der Waals surface area contributed by atoms with Gasteiger partial charge in [0.25, 0.3) is 0 Å². The fourth-order valence-electron chi connectivity index (χ4n) is 2.07. The Morgan fingerprint density at radius 2 is 2.12 bits per heavy atom. The van der Waals surface area contributed by atoms with Gasteiger partial charge in [-0.2, -0.15) is 4.98 Å². The number of halogens is 1. The lowest BCUT2D eigenvalue weighted by molar-refractivity contribution is -0.385. The van der Waals surface area contributed by atoms with Crippen LogP contribution < -0.4 is 10.1 Å². The SMILES string of the molecule is Cc1ccc(Cl)cc1Nc1ncnc(Oc2cccnc2)c1[N+](=O)[O-]. The molecule has 0 unspecified atom stereocenters. The van der Waals surface area contributed by atoms with Crippen molar-refractivity contribution in [3.63, 3.8) is 0 Å². The summed E-state index contributed by atoms with van der Waals surface area (Å²) >= 11 is 5.99. The third kappa shape index (κ3) is 3.81. The van der Waals surface area contributed by atoms with Crippen LogP contribution in [0.2, 0.25) is 5.02 Å². The van der Waals surface area contributed by atoms with Gasteiger partial charge < -0.3 is 10.1 Å². The maximum Gasteiger partial charge on any atom is 0.373 e. The lowest BCUT2D eigenvalue weighted by atomic mass is 10.2. The fourth-order valence-corrected chi connectivity index (χ4v) is 2.24. The highest BCUT2D eigenvalue weighted by Gasteiger charge is 2.25. The van der Waals surface area contributed by atoms with Crippen LogP contribution in [-0.4, -0.2) is 19.9 Å². The minimum Gasteiger partial charge on any atom is -0.432 e. The second-order valence-corrected chi connectivity index (χ2v) is 5.44. The van der Waals surface area contributed by atoms with E-state index >= 15 is 0 Å². The molecule has 0 aliphatic carbocycles. The second kappa shape index (κ2) is 7.10. The van der Waals surface area contributed by atoms with Crippen LogP contribution >= 0.6 is 11.6 Å². The van der Waals surface area contributed by atoms with E-state index in [-0.39, 0.29) is 17.4 Å². The number of hydrogen-bond acceptors (Lipinski definition) is 7. The van der Waals surface area contributed by atoms with E-state index in [2.05, 4.69) is 20.3 Å². The van der Waals surface area contributed by atoms with Gasteiger partial charge in [0.2, 0.25) is 5.82 Å². The summed E-state index contributed by atoms with van der Waals surface area (Å²) in [6.07, 6.45) is 4.18. The molecule has 0 atom stereocenters. The molecule has 3 aromatic rings. The minimum absolute atomic E-state index is 0.00394. The van der Waals surface area contributed by atoms with Crippen molar-refractivity contribution in [1.29, 1.82) is 0 Å². The van der Waals surface area contributed by atoms with Crippen molar-refractivity contribution in [2.45, 2.75) is 6.92 Å². The number of rotatable bonds is 5. The summed E-state index contributed by atoms with van der Waals surface area (Å²) in [7, 11) is 0. The number of ether oxygens (including phenoxy) is 1. The predicted molar refractivity (Wildman–Crippen MR) is 92.5 cm³/mol. The first-order chi connectivity index (χ1) is 12.0. The van der Waals surface area contributed by atoms with Gasteiger partial charge in [0.05, 0.1) is 11.1 Å². The minimum atomic E-state index is -0.603. The van der Waals surface area contributed by atoms with Gasteiger partial charge in [0, 0.05) is 16.9 Å². The van der Waals surface area contributed by atoms with Gasteiger partial charge >= 0.3 is 11.6 Å². The first kappa shape index (κ1) is 16.6. The van der Waals surface area contributed by atoms with Gasteiger partial charge in [-0.15, -0.1) is 0 Å². The van der Waals surface area contributed by atoms with Gasteiger partial charge in [-0.25, -0.2) is 4.98 Å². The van der Waals surface area contributed by atoms with Crippen LogP contribution in [0.15, 0.2) is 49.1 Å². The maximum absolute atomic E-state index is 11.5. The molecule has 25 heavy (non-hydrogen) atoms. The molecular weight excluding hydrogens is 346 g/mol. The molecule has 0 bridgehead atoms. The smallest absolute Gasteiger partial charge is 0.373 e. The average Bonchev–Trinajstić information content (AvgIpc) is 2.59. The highest BCUT2D eigenvalue weighted by atomic mass is 35.5. The van der Waals surface area contributed by atoms with E-state index in [0.29, 0.717) is 16.5 Å². The van der Waals surface area contributed by atoms with Crippen molar-refractivity contribution in [3.05, 3.63) is 69.8 Å². The highest BCUT2D eigenvalue weighted by molar-refractivity contribution is 6.30. The van der Waals surface area contributed by atoms with E-state index in [1.807, 2.05) is 6.92 Å². The Morgan fingerprint density at radius 3 is 2.84 bits per heavy atom. The first-order valence-electron chi connectivity index (χ1n) is 7.15. The Morgan fingerprint density at radius 1 is 1.28 bits per heavy atom. The third-order valence-corrected chi connectivity index (χ3v) is 3.51. The number of nitrogens with zero attached hydrogens (tertiary/aromatic N) is 4. The van der Waals surface area contributed by atoms with E-state index in [9.17, 15) is 10.1 Å². The molecule has 1 aromatic carbocycles. The number of aromatic nitrogens is 3. The molecule has 9 heteroatoms. The molecule has 2 heterocycles. The second-order valence-electron chi connectivity index (χ2n) is 5.01. The Labute approximate surface area is 147 Å². The first-order valence-corrected chi connectivity index (χ1v) is 7.53. The van der Waals surface area contributed by atoms with E-state index < -0.39 is 4.92 Å². The van der Waals surface area contributed by atoms with Crippen LogP contribution in [0.1, 0.15) is 5.56 Å². The summed E-state index contributed by atoms with van der Waals surface area (Å²) < 4.78 is 5.48. The summed E-state index contributed by atoms with van der Waals surface area (Å²) in [4.78, 5) is 22.7. The molecular formula is C16H12ClN5O3. The molecule has 1 N–H and O–H groups in total. The Kier molecular flexibility index (Phi) is 4.71. The predicted octanol–water partition coefficient (Wildman–Crippen LogP) is 4.28. The normalized spacial score (nSPS) is 10.3. The largest absolute Gasteiger partial charge is 0.432 e. The number of aryl methyl sites for hydroxylation is 1. The van der Waals surface area contributed by atoms with Crippen LogP contribution in [0.4, 0.5) is 17.2 Å². The number of nitrogens with one attached hydrogen (secondary N) is 1. The Bertz CT molecular complexity index is 921. The quantitative estimate of drug-likeness (QED) is 0.537. The standard InChI is InChI=1S/C16H12ClN5O3/c1-10-4-5-11(17)7-13(10)21-15-14(22(23)24)16(20-9-19-15)25-12-3-2-6-18-8-12/h2-9H,1H3,(H,19,20,21). The van der Waals surface area contributed by atoms with E-state index in [1.54, 1.807) is 36.5 Å². The van der Waals surface area contributed by atoms with Crippen LogP contribution in [0.25, 0.3) is 0 Å². The third-order valence-electron chi connectivity index (χ3n) is 3.27. The van der Waals surface area contributed by atoms with Gasteiger partial charge in [-0.3, -0.25) is 15.1 Å². The average molecular weight is 358 g/mol. The zero-order valence-corrected chi connectivity index (χ0v) is 13.8. The summed E-state index contributed by atoms with van der Waals surface area (Å²) in [5.41, 5.74) is 1.07. The molecule has 0 radical (unpaired) electrons. The van der Waals surface area contributed by atoms with Crippen molar-refractivity contribution in [1.82, 2.24) is 15.0 Å². The van der Waals surface area contributed by atoms with E-state index in [1.165, 1.54) is 12.5 Å². The molecule has 0 fully saturated rings. The monoisotopic (exact) mass is 357 g/mol. The van der Waals surface area contributed by atoms with Crippen LogP contribution in [0.3, 0.4) is 0 Å². The molecule has 0 saturated heterocycles. The molecule has 0 saturated carbocycles. The van der Waals surface area contributed by atoms with E-state index in [0.717, 1.165) is 5.56 Å². The van der Waals surface area contributed by atoms with Crippen LogP contribution in [0.5, 0.6) is 11.6 Å². The number of pyridine rings is 1. The van der Waals surface area contributed by atoms with Crippen molar-refractivity contribution < 1.29 is 9.66 Å². The summed E-state index contributed by atoms with van der Waals surface area (Å²) in [6, 6.07) is 8.45. The highest BCUT2D eigenvalue weighted by Crippen LogP contribution is 2.36. The molecule has 0 spiro atoms. The zero-order chi connectivity index (χ0) is 17.8. The van der Waals surface area contributed by atoms with Gasteiger partial charge in [-0.1, -0.05) is 17.7 Å². The zero-order valence-electron chi connectivity index (χ0n) is 13.0. The molecule has 0 aliphatic heterocycles.